The van der Waals surface area contributed by atoms with Gasteiger partial charge in [0.05, 0.1) is 11.3 Å². The van der Waals surface area contributed by atoms with Gasteiger partial charge in [0.1, 0.15) is 22.7 Å². The van der Waals surface area contributed by atoms with Crippen molar-refractivity contribution in [2.45, 2.75) is 38.6 Å². The maximum Gasteiger partial charge on any atom is 0.249 e. The van der Waals surface area contributed by atoms with Gasteiger partial charge in [-0.1, -0.05) is 6.07 Å². The summed E-state index contributed by atoms with van der Waals surface area (Å²) in [4.78, 5) is 17.8. The Morgan fingerprint density at radius 3 is 2.62 bits per heavy atom. The average molecular weight is 346 g/mol. The van der Waals surface area contributed by atoms with E-state index in [0.29, 0.717) is 10.6 Å². The molecule has 1 aromatic heterocycles. The number of aryl methyl sites for hydroxylation is 1. The summed E-state index contributed by atoms with van der Waals surface area (Å²) in [5.74, 6) is -1.56. The molecule has 1 aliphatic heterocycles. The summed E-state index contributed by atoms with van der Waals surface area (Å²) in [6.07, 6.45) is 3.91. The van der Waals surface area contributed by atoms with Gasteiger partial charge in [0.25, 0.3) is 0 Å². The molecule has 0 saturated heterocycles. The molecule has 24 heavy (non-hydrogen) atoms. The molecule has 2 aliphatic rings. The standard InChI is InChI=1S/C18H16F2N2OS/c1-9-17(23)22-18-14(10-5-2-3-8-13(10)24-18)16(21-9)15-11(19)6-4-7-12(15)20/h4,6-7,9H,2-3,5,8H2,1H3,(H,22,23)/t9-/m0/s1. The van der Waals surface area contributed by atoms with E-state index in [4.69, 9.17) is 0 Å². The summed E-state index contributed by atoms with van der Waals surface area (Å²) in [7, 11) is 0. The van der Waals surface area contributed by atoms with Gasteiger partial charge in [0, 0.05) is 10.4 Å². The van der Waals surface area contributed by atoms with Crippen LogP contribution in [0.3, 0.4) is 0 Å². The van der Waals surface area contributed by atoms with Crippen molar-refractivity contribution in [3.05, 3.63) is 51.4 Å². The zero-order valence-corrected chi connectivity index (χ0v) is 14.0. The molecule has 4 rings (SSSR count). The van der Waals surface area contributed by atoms with Crippen molar-refractivity contribution in [2.24, 2.45) is 4.99 Å². The van der Waals surface area contributed by atoms with Crippen molar-refractivity contribution < 1.29 is 13.6 Å². The normalized spacial score (nSPS) is 19.9. The number of carbonyl (C=O) groups excluding carboxylic acids is 1. The molecule has 0 unspecified atom stereocenters. The molecule has 0 spiro atoms. The highest BCUT2D eigenvalue weighted by Gasteiger charge is 2.32. The van der Waals surface area contributed by atoms with Crippen LogP contribution in [0, 0.1) is 11.6 Å². The fourth-order valence-corrected chi connectivity index (χ4v) is 4.64. The van der Waals surface area contributed by atoms with Crippen molar-refractivity contribution in [1.29, 1.82) is 0 Å². The Morgan fingerprint density at radius 2 is 1.88 bits per heavy atom. The van der Waals surface area contributed by atoms with Gasteiger partial charge in [0.2, 0.25) is 5.91 Å². The van der Waals surface area contributed by atoms with Crippen LogP contribution in [0.1, 0.15) is 41.3 Å². The number of hydrogen-bond donors (Lipinski definition) is 1. The maximum absolute atomic E-state index is 14.4. The third kappa shape index (κ3) is 2.36. The Hall–Kier alpha value is -2.08. The first-order valence-corrected chi connectivity index (χ1v) is 8.86. The van der Waals surface area contributed by atoms with Crippen LogP contribution < -0.4 is 5.32 Å². The predicted octanol–water partition coefficient (Wildman–Crippen LogP) is 4.08. The number of thiophene rings is 1. The van der Waals surface area contributed by atoms with Crippen LogP contribution in [0.5, 0.6) is 0 Å². The summed E-state index contributed by atoms with van der Waals surface area (Å²) >= 11 is 1.51. The molecule has 0 radical (unpaired) electrons. The minimum Gasteiger partial charge on any atom is -0.315 e. The van der Waals surface area contributed by atoms with Crippen molar-refractivity contribution in [3.8, 4) is 0 Å². The molecule has 0 saturated carbocycles. The smallest absolute Gasteiger partial charge is 0.249 e. The van der Waals surface area contributed by atoms with E-state index in [-0.39, 0.29) is 17.2 Å². The second kappa shape index (κ2) is 5.77. The third-order valence-corrected chi connectivity index (χ3v) is 5.75. The van der Waals surface area contributed by atoms with Crippen LogP contribution in [0.15, 0.2) is 23.2 Å². The first kappa shape index (κ1) is 15.4. The van der Waals surface area contributed by atoms with Gasteiger partial charge in [0.15, 0.2) is 0 Å². The summed E-state index contributed by atoms with van der Waals surface area (Å²) < 4.78 is 28.8. The lowest BCUT2D eigenvalue weighted by Gasteiger charge is -2.15. The number of carbonyl (C=O) groups is 1. The summed E-state index contributed by atoms with van der Waals surface area (Å²) in [6, 6.07) is 3.09. The Labute approximate surface area is 142 Å². The van der Waals surface area contributed by atoms with Crippen LogP contribution in [0.25, 0.3) is 0 Å². The monoisotopic (exact) mass is 346 g/mol. The Kier molecular flexibility index (Phi) is 3.72. The SMILES string of the molecule is C[C@@H]1N=C(c2c(F)cccc2F)c2c(sc3c2CCCC3)NC1=O. The molecule has 2 heterocycles. The largest absolute Gasteiger partial charge is 0.315 e. The van der Waals surface area contributed by atoms with E-state index in [0.717, 1.165) is 31.2 Å². The average Bonchev–Trinajstić information content (AvgIpc) is 2.85. The zero-order valence-electron chi connectivity index (χ0n) is 13.2. The van der Waals surface area contributed by atoms with Gasteiger partial charge >= 0.3 is 0 Å². The quantitative estimate of drug-likeness (QED) is 0.830. The van der Waals surface area contributed by atoms with Crippen LogP contribution >= 0.6 is 11.3 Å². The first-order chi connectivity index (χ1) is 11.6. The van der Waals surface area contributed by atoms with Gasteiger partial charge in [-0.15, -0.1) is 11.3 Å². The first-order valence-electron chi connectivity index (χ1n) is 8.04. The number of hydrogen-bond acceptors (Lipinski definition) is 3. The number of nitrogens with zero attached hydrogens (tertiary/aromatic N) is 1. The number of amides is 1. The second-order valence-corrected chi connectivity index (χ2v) is 7.26. The highest BCUT2D eigenvalue weighted by atomic mass is 32.1. The molecular formula is C18H16F2N2OS. The summed E-state index contributed by atoms with van der Waals surface area (Å²) in [5, 5.41) is 3.55. The minimum absolute atomic E-state index is 0.145. The number of aliphatic imine (C=N–C) groups is 1. The van der Waals surface area contributed by atoms with Crippen molar-refractivity contribution in [3.63, 3.8) is 0 Å². The predicted molar refractivity (Wildman–Crippen MR) is 91.0 cm³/mol. The Morgan fingerprint density at radius 1 is 1.17 bits per heavy atom. The number of halogens is 2. The van der Waals surface area contributed by atoms with E-state index in [1.807, 2.05) is 0 Å². The number of nitrogens with one attached hydrogen (secondary N) is 1. The van der Waals surface area contributed by atoms with Crippen molar-refractivity contribution in [1.82, 2.24) is 0 Å². The van der Waals surface area contributed by atoms with Gasteiger partial charge in [-0.3, -0.25) is 9.79 Å². The van der Waals surface area contributed by atoms with Gasteiger partial charge in [-0.25, -0.2) is 8.78 Å². The lowest BCUT2D eigenvalue weighted by molar-refractivity contribution is -0.116. The molecule has 2 aromatic rings. The Balaban J connectivity index is 2.01. The summed E-state index contributed by atoms with van der Waals surface area (Å²) in [5.41, 5.74) is 1.90. The molecule has 6 heteroatoms. The van der Waals surface area contributed by atoms with E-state index in [1.54, 1.807) is 6.92 Å². The highest BCUT2D eigenvalue weighted by Crippen LogP contribution is 2.41. The van der Waals surface area contributed by atoms with Crippen LogP contribution in [-0.2, 0) is 17.6 Å². The number of anilines is 1. The topological polar surface area (TPSA) is 41.5 Å². The van der Waals surface area contributed by atoms with Crippen molar-refractivity contribution >= 4 is 28.0 Å². The molecule has 0 bridgehead atoms. The minimum atomic E-state index is -0.696. The molecule has 1 aliphatic carbocycles. The fourth-order valence-electron chi connectivity index (χ4n) is 3.35. The zero-order chi connectivity index (χ0) is 16.8. The van der Waals surface area contributed by atoms with E-state index < -0.39 is 17.7 Å². The molecule has 3 nitrogen and oxygen atoms in total. The Bertz CT molecular complexity index is 852. The third-order valence-electron chi connectivity index (χ3n) is 4.55. The molecular weight excluding hydrogens is 330 g/mol. The van der Waals surface area contributed by atoms with Gasteiger partial charge in [-0.05, 0) is 50.3 Å². The molecule has 1 N–H and O–H groups in total. The molecule has 1 amide bonds. The molecule has 1 atom stereocenters. The maximum atomic E-state index is 14.4. The van der Waals surface area contributed by atoms with Gasteiger partial charge in [-0.2, -0.15) is 0 Å². The summed E-state index contributed by atoms with van der Waals surface area (Å²) in [6.45, 7) is 1.64. The number of fused-ring (bicyclic) bond motifs is 3. The lowest BCUT2D eigenvalue weighted by Crippen LogP contribution is -2.22. The van der Waals surface area contributed by atoms with Crippen LogP contribution in [-0.4, -0.2) is 17.7 Å². The molecule has 124 valence electrons. The molecule has 0 fully saturated rings. The van der Waals surface area contributed by atoms with Crippen LogP contribution in [0.2, 0.25) is 0 Å². The van der Waals surface area contributed by atoms with E-state index >= 15 is 0 Å². The lowest BCUT2D eigenvalue weighted by atomic mass is 9.91. The van der Waals surface area contributed by atoms with Crippen molar-refractivity contribution in [2.75, 3.05) is 5.32 Å². The highest BCUT2D eigenvalue weighted by molar-refractivity contribution is 7.17. The second-order valence-electron chi connectivity index (χ2n) is 6.15. The molecule has 1 aromatic carbocycles. The van der Waals surface area contributed by atoms with E-state index in [9.17, 15) is 13.6 Å². The van der Waals surface area contributed by atoms with E-state index in [2.05, 4.69) is 10.3 Å². The van der Waals surface area contributed by atoms with Crippen LogP contribution in [0.4, 0.5) is 13.8 Å². The van der Waals surface area contributed by atoms with Gasteiger partial charge < -0.3 is 5.32 Å². The number of rotatable bonds is 1. The number of benzene rings is 1. The van der Waals surface area contributed by atoms with E-state index in [1.165, 1.54) is 34.4 Å². The fraction of sp³-hybridized carbons (Fsp3) is 0.333.